The van der Waals surface area contributed by atoms with Gasteiger partial charge in [0.05, 0.1) is 17.5 Å². The second kappa shape index (κ2) is 9.24. The molecule has 0 atom stereocenters. The number of carboxylic acid groups (broad SMARTS) is 1. The average Bonchev–Trinajstić information content (AvgIpc) is 2.55. The molecule has 24 heavy (non-hydrogen) atoms. The largest absolute Gasteiger partial charge is 0.478 e. The van der Waals surface area contributed by atoms with E-state index in [-0.39, 0.29) is 17.2 Å². The SMILES string of the molecule is O=C(CSCc1cccc(Br)c1)N/N=C\c1ccccc1C(=O)O. The molecule has 2 rings (SSSR count). The van der Waals surface area contributed by atoms with E-state index in [9.17, 15) is 9.59 Å². The zero-order valence-corrected chi connectivity index (χ0v) is 15.0. The van der Waals surface area contributed by atoms with Crippen LogP contribution in [0.3, 0.4) is 0 Å². The van der Waals surface area contributed by atoms with E-state index in [4.69, 9.17) is 5.11 Å². The summed E-state index contributed by atoms with van der Waals surface area (Å²) in [5, 5.41) is 12.9. The fraction of sp³-hybridized carbons (Fsp3) is 0.118. The molecule has 0 aliphatic carbocycles. The van der Waals surface area contributed by atoms with Crippen molar-refractivity contribution in [1.82, 2.24) is 5.43 Å². The summed E-state index contributed by atoms with van der Waals surface area (Å²) in [5.74, 6) is -0.282. The molecule has 5 nitrogen and oxygen atoms in total. The molecule has 2 N–H and O–H groups in total. The van der Waals surface area contributed by atoms with Crippen LogP contribution < -0.4 is 5.43 Å². The van der Waals surface area contributed by atoms with Crippen molar-refractivity contribution in [3.8, 4) is 0 Å². The maximum atomic E-state index is 11.7. The smallest absolute Gasteiger partial charge is 0.336 e. The van der Waals surface area contributed by atoms with Crippen LogP contribution >= 0.6 is 27.7 Å². The van der Waals surface area contributed by atoms with Crippen LogP contribution in [0.1, 0.15) is 21.5 Å². The Morgan fingerprint density at radius 2 is 2.00 bits per heavy atom. The van der Waals surface area contributed by atoms with Gasteiger partial charge in [0, 0.05) is 15.8 Å². The predicted molar refractivity (Wildman–Crippen MR) is 99.4 cm³/mol. The van der Waals surface area contributed by atoms with E-state index < -0.39 is 5.97 Å². The quantitative estimate of drug-likeness (QED) is 0.544. The molecule has 0 unspecified atom stereocenters. The Bertz CT molecular complexity index is 765. The molecule has 2 aromatic carbocycles. The van der Waals surface area contributed by atoms with Crippen molar-refractivity contribution >= 4 is 45.8 Å². The number of hydrogen-bond acceptors (Lipinski definition) is 4. The predicted octanol–water partition coefficient (Wildman–Crippen LogP) is 3.53. The number of hydrogen-bond donors (Lipinski definition) is 2. The third-order valence-electron chi connectivity index (χ3n) is 2.97. The number of hydrazone groups is 1. The minimum Gasteiger partial charge on any atom is -0.478 e. The van der Waals surface area contributed by atoms with Crippen molar-refractivity contribution in [1.29, 1.82) is 0 Å². The molecule has 0 spiro atoms. The van der Waals surface area contributed by atoms with Gasteiger partial charge in [-0.1, -0.05) is 46.3 Å². The zero-order valence-electron chi connectivity index (χ0n) is 12.6. The molecule has 7 heteroatoms. The van der Waals surface area contributed by atoms with Gasteiger partial charge in [0.25, 0.3) is 0 Å². The van der Waals surface area contributed by atoms with E-state index in [0.717, 1.165) is 15.8 Å². The van der Waals surface area contributed by atoms with Crippen LogP contribution in [0.25, 0.3) is 0 Å². The lowest BCUT2D eigenvalue weighted by molar-refractivity contribution is -0.118. The number of carbonyl (C=O) groups excluding carboxylic acids is 1. The van der Waals surface area contributed by atoms with E-state index in [1.165, 1.54) is 24.0 Å². The van der Waals surface area contributed by atoms with Crippen LogP contribution in [-0.4, -0.2) is 29.0 Å². The molecule has 0 aromatic heterocycles. The van der Waals surface area contributed by atoms with Gasteiger partial charge in [0.15, 0.2) is 0 Å². The van der Waals surface area contributed by atoms with Crippen LogP contribution in [-0.2, 0) is 10.5 Å². The molecule has 2 aromatic rings. The lowest BCUT2D eigenvalue weighted by Crippen LogP contribution is -2.20. The van der Waals surface area contributed by atoms with E-state index >= 15 is 0 Å². The summed E-state index contributed by atoms with van der Waals surface area (Å²) in [5.41, 5.74) is 4.10. The molecule has 0 aliphatic heterocycles. The first-order valence-electron chi connectivity index (χ1n) is 7.02. The van der Waals surface area contributed by atoms with E-state index in [1.807, 2.05) is 24.3 Å². The van der Waals surface area contributed by atoms with Crippen molar-refractivity contribution < 1.29 is 14.7 Å². The van der Waals surface area contributed by atoms with E-state index in [1.54, 1.807) is 18.2 Å². The molecule has 0 fully saturated rings. The molecule has 0 saturated carbocycles. The molecular weight excluding hydrogens is 392 g/mol. The highest BCUT2D eigenvalue weighted by Crippen LogP contribution is 2.16. The normalized spacial score (nSPS) is 10.7. The van der Waals surface area contributed by atoms with E-state index in [2.05, 4.69) is 26.5 Å². The number of thioether (sulfide) groups is 1. The van der Waals surface area contributed by atoms with Crippen LogP contribution in [0.15, 0.2) is 58.1 Å². The number of carbonyl (C=O) groups is 2. The first-order chi connectivity index (χ1) is 11.6. The molecule has 0 radical (unpaired) electrons. The number of aromatic carboxylic acids is 1. The Balaban J connectivity index is 1.80. The number of rotatable bonds is 7. The highest BCUT2D eigenvalue weighted by molar-refractivity contribution is 9.10. The molecule has 0 saturated heterocycles. The van der Waals surface area contributed by atoms with Crippen LogP contribution in [0.5, 0.6) is 0 Å². The second-order valence-corrected chi connectivity index (χ2v) is 6.71. The van der Waals surface area contributed by atoms with Crippen molar-refractivity contribution in [2.45, 2.75) is 5.75 Å². The molecule has 0 aliphatic rings. The van der Waals surface area contributed by atoms with Crippen molar-refractivity contribution in [3.63, 3.8) is 0 Å². The van der Waals surface area contributed by atoms with Gasteiger partial charge in [-0.15, -0.1) is 11.8 Å². The van der Waals surface area contributed by atoms with Gasteiger partial charge in [0.1, 0.15) is 0 Å². The standard InChI is InChI=1S/C17H15BrN2O3S/c18-14-6-3-4-12(8-14)10-24-11-16(21)20-19-9-13-5-1-2-7-15(13)17(22)23/h1-9H,10-11H2,(H,20,21)(H,22,23)/b19-9-. The number of carboxylic acids is 1. The molecule has 1 amide bonds. The summed E-state index contributed by atoms with van der Waals surface area (Å²) in [4.78, 5) is 22.8. The van der Waals surface area contributed by atoms with Crippen molar-refractivity contribution in [2.75, 3.05) is 5.75 Å². The first kappa shape index (κ1) is 18.2. The summed E-state index contributed by atoms with van der Waals surface area (Å²) >= 11 is 4.88. The second-order valence-electron chi connectivity index (χ2n) is 4.81. The van der Waals surface area contributed by atoms with Crippen molar-refractivity contribution in [3.05, 3.63) is 69.7 Å². The van der Waals surface area contributed by atoms with Gasteiger partial charge in [-0.3, -0.25) is 4.79 Å². The fourth-order valence-corrected chi connectivity index (χ4v) is 3.11. The molecule has 0 bridgehead atoms. The Morgan fingerprint density at radius 1 is 1.21 bits per heavy atom. The summed E-state index contributed by atoms with van der Waals surface area (Å²) in [6.45, 7) is 0. The minimum atomic E-state index is -1.03. The molecular formula is C17H15BrN2O3S. The Labute approximate surface area is 152 Å². The highest BCUT2D eigenvalue weighted by atomic mass is 79.9. The number of halogens is 1. The summed E-state index contributed by atoms with van der Waals surface area (Å²) in [7, 11) is 0. The number of amides is 1. The summed E-state index contributed by atoms with van der Waals surface area (Å²) in [6.07, 6.45) is 1.33. The monoisotopic (exact) mass is 406 g/mol. The maximum Gasteiger partial charge on any atom is 0.336 e. The third kappa shape index (κ3) is 5.82. The number of benzene rings is 2. The van der Waals surface area contributed by atoms with Gasteiger partial charge in [-0.05, 0) is 23.8 Å². The van der Waals surface area contributed by atoms with Gasteiger partial charge in [0.2, 0.25) is 5.91 Å². The van der Waals surface area contributed by atoms with Crippen LogP contribution in [0, 0.1) is 0 Å². The van der Waals surface area contributed by atoms with Gasteiger partial charge in [-0.2, -0.15) is 5.10 Å². The highest BCUT2D eigenvalue weighted by Gasteiger charge is 2.07. The van der Waals surface area contributed by atoms with Crippen LogP contribution in [0.2, 0.25) is 0 Å². The Kier molecular flexibility index (Phi) is 7.02. The molecule has 0 heterocycles. The maximum absolute atomic E-state index is 11.7. The average molecular weight is 407 g/mol. The number of nitrogens with one attached hydrogen (secondary N) is 1. The van der Waals surface area contributed by atoms with Gasteiger partial charge >= 0.3 is 5.97 Å². The topological polar surface area (TPSA) is 78.8 Å². The van der Waals surface area contributed by atoms with Gasteiger partial charge < -0.3 is 5.11 Å². The first-order valence-corrected chi connectivity index (χ1v) is 8.97. The van der Waals surface area contributed by atoms with Crippen molar-refractivity contribution in [2.24, 2.45) is 5.10 Å². The summed E-state index contributed by atoms with van der Waals surface area (Å²) in [6, 6.07) is 14.4. The Morgan fingerprint density at radius 3 is 2.75 bits per heavy atom. The van der Waals surface area contributed by atoms with Gasteiger partial charge in [-0.25, -0.2) is 10.2 Å². The Hall–Kier alpha value is -2.12. The number of nitrogens with zero attached hydrogens (tertiary/aromatic N) is 1. The minimum absolute atomic E-state index is 0.138. The van der Waals surface area contributed by atoms with E-state index in [0.29, 0.717) is 5.56 Å². The zero-order chi connectivity index (χ0) is 17.4. The third-order valence-corrected chi connectivity index (χ3v) is 4.47. The van der Waals surface area contributed by atoms with Crippen LogP contribution in [0.4, 0.5) is 0 Å². The lowest BCUT2D eigenvalue weighted by atomic mass is 10.1. The molecule has 124 valence electrons. The fourth-order valence-electron chi connectivity index (χ4n) is 1.90. The lowest BCUT2D eigenvalue weighted by Gasteiger charge is -2.03. The summed E-state index contributed by atoms with van der Waals surface area (Å²) < 4.78 is 1.01.